The summed E-state index contributed by atoms with van der Waals surface area (Å²) in [6, 6.07) is 5.65. The van der Waals surface area contributed by atoms with Crippen molar-refractivity contribution in [2.75, 3.05) is 0 Å². The first kappa shape index (κ1) is 9.49. The topological polar surface area (TPSA) is 33.4 Å². The molecule has 0 bridgehead atoms. The van der Waals surface area contributed by atoms with Crippen LogP contribution in [0.4, 0.5) is 0 Å². The number of hydrogen-bond donors (Lipinski definition) is 1. The van der Waals surface area contributed by atoms with Gasteiger partial charge in [0.15, 0.2) is 0 Å². The lowest BCUT2D eigenvalue weighted by Crippen LogP contribution is -1.95. The van der Waals surface area contributed by atoms with Gasteiger partial charge in [-0.15, -0.1) is 11.3 Å². The highest BCUT2D eigenvalue weighted by molar-refractivity contribution is 7.10. The highest BCUT2D eigenvalue weighted by atomic mass is 32.1. The summed E-state index contributed by atoms with van der Waals surface area (Å²) in [4.78, 5) is 1.20. The van der Waals surface area contributed by atoms with Gasteiger partial charge in [0.25, 0.3) is 0 Å². The monoisotopic (exact) mass is 208 g/mol. The molecule has 2 heterocycles. The van der Waals surface area contributed by atoms with Crippen LogP contribution < -0.4 is 0 Å². The Hall–Kier alpha value is -1.06. The highest BCUT2D eigenvalue weighted by Gasteiger charge is 2.14. The molecule has 0 aliphatic rings. The van der Waals surface area contributed by atoms with Gasteiger partial charge in [0.1, 0.15) is 17.6 Å². The summed E-state index contributed by atoms with van der Waals surface area (Å²) < 4.78 is 5.36. The minimum atomic E-state index is -0.631. The summed E-state index contributed by atoms with van der Waals surface area (Å²) in [6.45, 7) is 3.89. The lowest BCUT2D eigenvalue weighted by Gasteiger charge is -2.04. The van der Waals surface area contributed by atoms with Crippen LogP contribution in [0.15, 0.2) is 28.0 Å². The molecule has 0 amide bonds. The van der Waals surface area contributed by atoms with Crippen LogP contribution in [0.1, 0.15) is 28.1 Å². The van der Waals surface area contributed by atoms with Crippen molar-refractivity contribution in [3.8, 4) is 0 Å². The molecule has 0 aliphatic heterocycles. The molecule has 1 unspecified atom stereocenters. The van der Waals surface area contributed by atoms with E-state index in [9.17, 15) is 5.11 Å². The standard InChI is InChI=1S/C11H12O2S/c1-7-3-4-10(13-7)11(12)9-5-8(2)14-6-9/h3-6,11-12H,1-2H3. The van der Waals surface area contributed by atoms with E-state index >= 15 is 0 Å². The van der Waals surface area contributed by atoms with Crippen molar-refractivity contribution in [2.24, 2.45) is 0 Å². The quantitative estimate of drug-likeness (QED) is 0.823. The second kappa shape index (κ2) is 3.59. The first-order valence-electron chi connectivity index (χ1n) is 4.46. The number of aliphatic hydroxyl groups excluding tert-OH is 1. The molecule has 2 aromatic heterocycles. The number of aliphatic hydroxyl groups is 1. The predicted octanol–water partition coefficient (Wildman–Crippen LogP) is 3.04. The van der Waals surface area contributed by atoms with Gasteiger partial charge in [-0.25, -0.2) is 0 Å². The Balaban J connectivity index is 2.28. The fourth-order valence-corrected chi connectivity index (χ4v) is 2.09. The molecule has 2 rings (SSSR count). The Morgan fingerprint density at radius 1 is 1.36 bits per heavy atom. The number of furan rings is 1. The molecule has 0 spiro atoms. The molecule has 0 saturated heterocycles. The van der Waals surface area contributed by atoms with E-state index in [0.717, 1.165) is 11.3 Å². The summed E-state index contributed by atoms with van der Waals surface area (Å²) in [7, 11) is 0. The van der Waals surface area contributed by atoms with Crippen molar-refractivity contribution in [2.45, 2.75) is 20.0 Å². The zero-order valence-corrected chi connectivity index (χ0v) is 8.97. The SMILES string of the molecule is Cc1ccc(C(O)c2csc(C)c2)o1. The van der Waals surface area contributed by atoms with Gasteiger partial charge in [-0.3, -0.25) is 0 Å². The average molecular weight is 208 g/mol. The summed E-state index contributed by atoms with van der Waals surface area (Å²) in [5, 5.41) is 11.9. The molecule has 14 heavy (non-hydrogen) atoms. The van der Waals surface area contributed by atoms with E-state index in [1.807, 2.05) is 37.4 Å². The van der Waals surface area contributed by atoms with Crippen LogP contribution in [0.5, 0.6) is 0 Å². The smallest absolute Gasteiger partial charge is 0.137 e. The molecule has 0 aliphatic carbocycles. The molecule has 0 aromatic carbocycles. The van der Waals surface area contributed by atoms with Crippen LogP contribution in [0.3, 0.4) is 0 Å². The van der Waals surface area contributed by atoms with Crippen LogP contribution in [-0.2, 0) is 0 Å². The summed E-state index contributed by atoms with van der Waals surface area (Å²) in [5.41, 5.74) is 0.904. The molecule has 0 fully saturated rings. The predicted molar refractivity (Wildman–Crippen MR) is 56.6 cm³/mol. The molecule has 1 N–H and O–H groups in total. The van der Waals surface area contributed by atoms with E-state index in [2.05, 4.69) is 0 Å². The van der Waals surface area contributed by atoms with Crippen molar-refractivity contribution >= 4 is 11.3 Å². The number of thiophene rings is 1. The van der Waals surface area contributed by atoms with Gasteiger partial charge in [-0.2, -0.15) is 0 Å². The van der Waals surface area contributed by atoms with Gasteiger partial charge in [0.2, 0.25) is 0 Å². The summed E-state index contributed by atoms with van der Waals surface area (Å²) in [6.07, 6.45) is -0.631. The van der Waals surface area contributed by atoms with Crippen LogP contribution in [-0.4, -0.2) is 5.11 Å². The van der Waals surface area contributed by atoms with Gasteiger partial charge < -0.3 is 9.52 Å². The molecular weight excluding hydrogens is 196 g/mol. The lowest BCUT2D eigenvalue weighted by molar-refractivity contribution is 0.188. The van der Waals surface area contributed by atoms with Crippen LogP contribution in [0.2, 0.25) is 0 Å². The largest absolute Gasteiger partial charge is 0.463 e. The Kier molecular flexibility index (Phi) is 2.44. The van der Waals surface area contributed by atoms with E-state index in [-0.39, 0.29) is 0 Å². The maximum absolute atomic E-state index is 9.93. The Bertz CT molecular complexity index is 388. The molecule has 3 heteroatoms. The number of hydrogen-bond acceptors (Lipinski definition) is 3. The number of aryl methyl sites for hydroxylation is 2. The van der Waals surface area contributed by atoms with Gasteiger partial charge in [-0.05, 0) is 43.0 Å². The van der Waals surface area contributed by atoms with Crippen LogP contribution in [0.25, 0.3) is 0 Å². The molecule has 0 saturated carbocycles. The minimum absolute atomic E-state index is 0.611. The molecule has 1 atom stereocenters. The molecule has 2 nitrogen and oxygen atoms in total. The maximum Gasteiger partial charge on any atom is 0.137 e. The van der Waals surface area contributed by atoms with E-state index in [1.54, 1.807) is 11.3 Å². The third-order valence-corrected chi connectivity index (χ3v) is 2.98. The third-order valence-electron chi connectivity index (χ3n) is 2.10. The molecule has 2 aromatic rings. The normalized spacial score (nSPS) is 13.1. The second-order valence-electron chi connectivity index (χ2n) is 3.34. The zero-order valence-electron chi connectivity index (χ0n) is 8.15. The fourth-order valence-electron chi connectivity index (χ4n) is 1.37. The Morgan fingerprint density at radius 2 is 2.14 bits per heavy atom. The van der Waals surface area contributed by atoms with Crippen LogP contribution in [0, 0.1) is 13.8 Å². The van der Waals surface area contributed by atoms with E-state index in [0.29, 0.717) is 5.76 Å². The van der Waals surface area contributed by atoms with Crippen molar-refractivity contribution in [1.82, 2.24) is 0 Å². The average Bonchev–Trinajstić information content (AvgIpc) is 2.73. The van der Waals surface area contributed by atoms with E-state index < -0.39 is 6.10 Å². The first-order valence-corrected chi connectivity index (χ1v) is 5.34. The first-order chi connectivity index (χ1) is 6.66. The van der Waals surface area contributed by atoms with Gasteiger partial charge in [0, 0.05) is 4.88 Å². The Labute approximate surface area is 86.8 Å². The molecular formula is C11H12O2S. The van der Waals surface area contributed by atoms with Crippen molar-refractivity contribution in [1.29, 1.82) is 0 Å². The van der Waals surface area contributed by atoms with Crippen LogP contribution >= 0.6 is 11.3 Å². The zero-order chi connectivity index (χ0) is 10.1. The lowest BCUT2D eigenvalue weighted by atomic mass is 10.1. The fraction of sp³-hybridized carbons (Fsp3) is 0.273. The van der Waals surface area contributed by atoms with Crippen molar-refractivity contribution < 1.29 is 9.52 Å². The van der Waals surface area contributed by atoms with Gasteiger partial charge in [-0.1, -0.05) is 0 Å². The van der Waals surface area contributed by atoms with Crippen molar-refractivity contribution in [3.63, 3.8) is 0 Å². The third kappa shape index (κ3) is 1.74. The summed E-state index contributed by atoms with van der Waals surface area (Å²) >= 11 is 1.63. The number of rotatable bonds is 2. The van der Waals surface area contributed by atoms with E-state index in [1.165, 1.54) is 4.88 Å². The Morgan fingerprint density at radius 3 is 2.64 bits per heavy atom. The van der Waals surface area contributed by atoms with Gasteiger partial charge >= 0.3 is 0 Å². The molecule has 74 valence electrons. The highest BCUT2D eigenvalue weighted by Crippen LogP contribution is 2.27. The molecule has 0 radical (unpaired) electrons. The van der Waals surface area contributed by atoms with Gasteiger partial charge in [0.05, 0.1) is 0 Å². The van der Waals surface area contributed by atoms with E-state index in [4.69, 9.17) is 4.42 Å². The maximum atomic E-state index is 9.93. The van der Waals surface area contributed by atoms with Crippen molar-refractivity contribution in [3.05, 3.63) is 45.5 Å². The second-order valence-corrected chi connectivity index (χ2v) is 4.46. The minimum Gasteiger partial charge on any atom is -0.463 e. The summed E-state index contributed by atoms with van der Waals surface area (Å²) in [5.74, 6) is 1.44.